The summed E-state index contributed by atoms with van der Waals surface area (Å²) in [7, 11) is 0. The molecule has 0 saturated heterocycles. The molecule has 0 aliphatic carbocycles. The van der Waals surface area contributed by atoms with E-state index in [1.54, 1.807) is 0 Å². The van der Waals surface area contributed by atoms with Crippen LogP contribution in [0.1, 0.15) is 11.1 Å². The molecule has 1 aromatic rings. The molecule has 0 amide bonds. The smallest absolute Gasteiger partial charge is 0.0250 e. The summed E-state index contributed by atoms with van der Waals surface area (Å²) in [6, 6.07) is 6.01. The predicted octanol–water partition coefficient (Wildman–Crippen LogP) is 2.55. The molecule has 0 bridgehead atoms. The van der Waals surface area contributed by atoms with Crippen molar-refractivity contribution in [1.82, 2.24) is 0 Å². The first-order valence-electron chi connectivity index (χ1n) is 3.39. The van der Waals surface area contributed by atoms with E-state index in [-0.39, 0.29) is 0 Å². The summed E-state index contributed by atoms with van der Waals surface area (Å²) >= 11 is 3.42. The number of halogens is 1. The standard InChI is InChI=1S/C9H10BrN/c1-2-8-4-3-7(6-11)5-9(8)10/h2-5H,1,6,11H2. The van der Waals surface area contributed by atoms with E-state index < -0.39 is 0 Å². The third kappa shape index (κ3) is 1.91. The van der Waals surface area contributed by atoms with E-state index in [1.807, 2.05) is 24.3 Å². The van der Waals surface area contributed by atoms with Crippen molar-refractivity contribution < 1.29 is 0 Å². The van der Waals surface area contributed by atoms with E-state index in [0.29, 0.717) is 6.54 Å². The van der Waals surface area contributed by atoms with Gasteiger partial charge in [-0.05, 0) is 17.2 Å². The maximum absolute atomic E-state index is 5.46. The Labute approximate surface area is 75.0 Å². The zero-order chi connectivity index (χ0) is 8.27. The van der Waals surface area contributed by atoms with Gasteiger partial charge in [0.25, 0.3) is 0 Å². The SMILES string of the molecule is C=Cc1ccc(CN)cc1Br. The number of hydrogen-bond acceptors (Lipinski definition) is 1. The van der Waals surface area contributed by atoms with Gasteiger partial charge in [0.2, 0.25) is 0 Å². The molecule has 1 rings (SSSR count). The van der Waals surface area contributed by atoms with Crippen molar-refractivity contribution in [2.24, 2.45) is 5.73 Å². The molecule has 0 aromatic heterocycles. The van der Waals surface area contributed by atoms with Crippen LogP contribution in [0.25, 0.3) is 6.08 Å². The van der Waals surface area contributed by atoms with Crippen LogP contribution in [0, 0.1) is 0 Å². The van der Waals surface area contributed by atoms with E-state index in [2.05, 4.69) is 22.5 Å². The molecule has 0 aliphatic heterocycles. The summed E-state index contributed by atoms with van der Waals surface area (Å²) in [5.74, 6) is 0. The molecular weight excluding hydrogens is 202 g/mol. The molecule has 1 aromatic carbocycles. The summed E-state index contributed by atoms with van der Waals surface area (Å²) in [5.41, 5.74) is 7.69. The van der Waals surface area contributed by atoms with Crippen molar-refractivity contribution in [3.05, 3.63) is 40.4 Å². The highest BCUT2D eigenvalue weighted by Gasteiger charge is 1.95. The van der Waals surface area contributed by atoms with Gasteiger partial charge in [0.05, 0.1) is 0 Å². The molecule has 0 aliphatic rings. The summed E-state index contributed by atoms with van der Waals surface area (Å²) in [4.78, 5) is 0. The second kappa shape index (κ2) is 3.69. The van der Waals surface area contributed by atoms with Gasteiger partial charge in [-0.2, -0.15) is 0 Å². The van der Waals surface area contributed by atoms with E-state index in [0.717, 1.165) is 15.6 Å². The Balaban J connectivity index is 3.09. The Morgan fingerprint density at radius 3 is 2.73 bits per heavy atom. The molecule has 58 valence electrons. The summed E-state index contributed by atoms with van der Waals surface area (Å²) in [6.07, 6.45) is 1.81. The zero-order valence-corrected chi connectivity index (χ0v) is 7.76. The Bertz CT molecular complexity index is 268. The van der Waals surface area contributed by atoms with Crippen LogP contribution in [0.2, 0.25) is 0 Å². The minimum atomic E-state index is 0.579. The third-order valence-electron chi connectivity index (χ3n) is 1.52. The van der Waals surface area contributed by atoms with E-state index in [4.69, 9.17) is 5.73 Å². The summed E-state index contributed by atoms with van der Waals surface area (Å²) in [5, 5.41) is 0. The average Bonchev–Trinajstić information content (AvgIpc) is 2.04. The van der Waals surface area contributed by atoms with E-state index in [9.17, 15) is 0 Å². The quantitative estimate of drug-likeness (QED) is 0.800. The summed E-state index contributed by atoms with van der Waals surface area (Å²) < 4.78 is 1.05. The maximum atomic E-state index is 5.46. The molecule has 2 heteroatoms. The van der Waals surface area contributed by atoms with Gasteiger partial charge < -0.3 is 5.73 Å². The molecule has 0 unspecified atom stereocenters. The molecule has 0 fully saturated rings. The first-order chi connectivity index (χ1) is 5.27. The number of rotatable bonds is 2. The van der Waals surface area contributed by atoms with Crippen LogP contribution >= 0.6 is 15.9 Å². The van der Waals surface area contributed by atoms with Gasteiger partial charge in [-0.1, -0.05) is 40.7 Å². The molecule has 2 N–H and O–H groups in total. The van der Waals surface area contributed by atoms with Crippen molar-refractivity contribution in [3.8, 4) is 0 Å². The first kappa shape index (κ1) is 8.50. The number of benzene rings is 1. The zero-order valence-electron chi connectivity index (χ0n) is 6.18. The lowest BCUT2D eigenvalue weighted by Gasteiger charge is -2.00. The van der Waals surface area contributed by atoms with E-state index in [1.165, 1.54) is 0 Å². The Kier molecular flexibility index (Phi) is 2.85. The molecule has 1 nitrogen and oxygen atoms in total. The predicted molar refractivity (Wildman–Crippen MR) is 52.1 cm³/mol. The van der Waals surface area contributed by atoms with Gasteiger partial charge in [0.15, 0.2) is 0 Å². The first-order valence-corrected chi connectivity index (χ1v) is 4.18. The number of hydrogen-bond donors (Lipinski definition) is 1. The molecular formula is C9H10BrN. The Morgan fingerprint density at radius 2 is 2.27 bits per heavy atom. The van der Waals surface area contributed by atoms with E-state index >= 15 is 0 Å². The van der Waals surface area contributed by atoms with Crippen LogP contribution in [0.3, 0.4) is 0 Å². The summed E-state index contributed by atoms with van der Waals surface area (Å²) in [6.45, 7) is 4.27. The van der Waals surface area contributed by atoms with Gasteiger partial charge in [-0.15, -0.1) is 0 Å². The fraction of sp³-hybridized carbons (Fsp3) is 0.111. The largest absolute Gasteiger partial charge is 0.326 e. The van der Waals surface area contributed by atoms with Crippen molar-refractivity contribution in [2.45, 2.75) is 6.54 Å². The minimum Gasteiger partial charge on any atom is -0.326 e. The second-order valence-electron chi connectivity index (χ2n) is 2.26. The molecule has 11 heavy (non-hydrogen) atoms. The lowest BCUT2D eigenvalue weighted by molar-refractivity contribution is 1.07. The maximum Gasteiger partial charge on any atom is 0.0250 e. The fourth-order valence-corrected chi connectivity index (χ4v) is 1.45. The van der Waals surface area contributed by atoms with Gasteiger partial charge in [-0.3, -0.25) is 0 Å². The Morgan fingerprint density at radius 1 is 1.55 bits per heavy atom. The van der Waals surface area contributed by atoms with Crippen molar-refractivity contribution >= 4 is 22.0 Å². The van der Waals surface area contributed by atoms with Crippen LogP contribution in [-0.2, 0) is 6.54 Å². The average molecular weight is 212 g/mol. The molecule has 0 heterocycles. The van der Waals surface area contributed by atoms with Crippen molar-refractivity contribution in [3.63, 3.8) is 0 Å². The molecule has 0 saturated carbocycles. The van der Waals surface area contributed by atoms with Gasteiger partial charge in [0.1, 0.15) is 0 Å². The van der Waals surface area contributed by atoms with Crippen molar-refractivity contribution in [2.75, 3.05) is 0 Å². The topological polar surface area (TPSA) is 26.0 Å². The van der Waals surface area contributed by atoms with Crippen LogP contribution in [0.15, 0.2) is 29.3 Å². The van der Waals surface area contributed by atoms with Crippen molar-refractivity contribution in [1.29, 1.82) is 0 Å². The number of nitrogens with two attached hydrogens (primary N) is 1. The van der Waals surface area contributed by atoms with Crippen LogP contribution in [0.5, 0.6) is 0 Å². The van der Waals surface area contributed by atoms with Gasteiger partial charge >= 0.3 is 0 Å². The van der Waals surface area contributed by atoms with Gasteiger partial charge in [0, 0.05) is 11.0 Å². The van der Waals surface area contributed by atoms with Crippen LogP contribution in [0.4, 0.5) is 0 Å². The second-order valence-corrected chi connectivity index (χ2v) is 3.12. The minimum absolute atomic E-state index is 0.579. The normalized spacial score (nSPS) is 9.64. The molecule has 0 radical (unpaired) electrons. The lowest BCUT2D eigenvalue weighted by Crippen LogP contribution is -1.95. The highest BCUT2D eigenvalue weighted by molar-refractivity contribution is 9.10. The molecule has 0 spiro atoms. The van der Waals surface area contributed by atoms with Crippen LogP contribution in [-0.4, -0.2) is 0 Å². The monoisotopic (exact) mass is 211 g/mol. The highest BCUT2D eigenvalue weighted by atomic mass is 79.9. The van der Waals surface area contributed by atoms with Gasteiger partial charge in [-0.25, -0.2) is 0 Å². The molecule has 0 atom stereocenters. The van der Waals surface area contributed by atoms with Crippen LogP contribution < -0.4 is 5.73 Å². The fourth-order valence-electron chi connectivity index (χ4n) is 0.863. The lowest BCUT2D eigenvalue weighted by atomic mass is 10.1. The highest BCUT2D eigenvalue weighted by Crippen LogP contribution is 2.18. The Hall–Kier alpha value is -0.600. The third-order valence-corrected chi connectivity index (χ3v) is 2.21.